The number of nitrogens with zero attached hydrogens (tertiary/aromatic N) is 1. The number of para-hydroxylation sites is 1. The summed E-state index contributed by atoms with van der Waals surface area (Å²) in [6, 6.07) is 28.7. The number of aldehydes is 1. The van der Waals surface area contributed by atoms with E-state index in [1.807, 2.05) is 66.7 Å². The van der Waals surface area contributed by atoms with Crippen molar-refractivity contribution in [1.82, 2.24) is 10.3 Å². The summed E-state index contributed by atoms with van der Waals surface area (Å²) in [5, 5.41) is 12.7. The summed E-state index contributed by atoms with van der Waals surface area (Å²) in [6.45, 7) is 1.66. The topological polar surface area (TPSA) is 96.4 Å². The molecule has 0 aliphatic carbocycles. The second-order valence-corrected chi connectivity index (χ2v) is 9.07. The summed E-state index contributed by atoms with van der Waals surface area (Å²) in [6.07, 6.45) is 3.82. The van der Waals surface area contributed by atoms with Crippen molar-refractivity contribution in [2.75, 3.05) is 0 Å². The molecule has 0 aliphatic heterocycles. The largest absolute Gasteiger partial charge is 0.478 e. The van der Waals surface area contributed by atoms with Gasteiger partial charge in [0.2, 0.25) is 0 Å². The fraction of sp³-hybridized carbons (Fsp3) is 0.133. The molecule has 0 aliphatic rings. The van der Waals surface area contributed by atoms with Gasteiger partial charge in [-0.1, -0.05) is 72.8 Å². The molecular weight excluding hydrogens is 484 g/mol. The number of carboxylic acids is 1. The summed E-state index contributed by atoms with van der Waals surface area (Å²) in [4.78, 5) is 38.1. The van der Waals surface area contributed by atoms with Gasteiger partial charge >= 0.3 is 5.97 Å². The molecule has 1 aromatic heterocycles. The number of carbonyl (C=O) groups excluding carboxylic acids is 2. The Bertz CT molecular complexity index is 1360. The van der Waals surface area contributed by atoms with Crippen LogP contribution in [0, 0.1) is 0 Å². The Morgan fingerprint density at radius 2 is 1.62 bits per heavy atom. The van der Waals surface area contributed by atoms with Gasteiger partial charge in [-0.3, -0.25) is 4.79 Å². The van der Waals surface area contributed by atoms with Crippen molar-refractivity contribution >= 4 is 40.8 Å². The number of benzene rings is 3. The Morgan fingerprint density at radius 1 is 0.919 bits per heavy atom. The highest BCUT2D eigenvalue weighted by molar-refractivity contribution is 7.98. The highest BCUT2D eigenvalue weighted by Crippen LogP contribution is 2.23. The van der Waals surface area contributed by atoms with Crippen LogP contribution in [0.5, 0.6) is 0 Å². The zero-order valence-electron chi connectivity index (χ0n) is 20.4. The third-order valence-corrected chi connectivity index (χ3v) is 6.26. The number of fused-ring (bicyclic) bond motifs is 1. The number of pyridine rings is 1. The van der Waals surface area contributed by atoms with Crippen LogP contribution in [0.25, 0.3) is 10.9 Å². The number of carboxylic acid groups (broad SMARTS) is 1. The van der Waals surface area contributed by atoms with E-state index in [9.17, 15) is 14.4 Å². The van der Waals surface area contributed by atoms with Crippen LogP contribution in [-0.2, 0) is 21.8 Å². The lowest BCUT2D eigenvalue weighted by molar-refractivity contribution is -0.131. The molecular formula is C30H28N2O4S. The van der Waals surface area contributed by atoms with Crippen LogP contribution < -0.4 is 5.32 Å². The maximum absolute atomic E-state index is 12.5. The van der Waals surface area contributed by atoms with E-state index in [2.05, 4.69) is 22.4 Å². The number of thioether (sulfide) groups is 1. The van der Waals surface area contributed by atoms with Crippen LogP contribution in [0.15, 0.2) is 108 Å². The third kappa shape index (κ3) is 9.05. The van der Waals surface area contributed by atoms with E-state index in [1.54, 1.807) is 30.8 Å². The van der Waals surface area contributed by atoms with Crippen molar-refractivity contribution in [3.63, 3.8) is 0 Å². The number of hydrogen-bond donors (Lipinski definition) is 2. The number of amides is 1. The molecule has 0 fully saturated rings. The van der Waals surface area contributed by atoms with Crippen LogP contribution in [0.2, 0.25) is 0 Å². The second-order valence-electron chi connectivity index (χ2n) is 8.07. The van der Waals surface area contributed by atoms with Gasteiger partial charge in [0.05, 0.1) is 16.6 Å². The average Bonchev–Trinajstić information content (AvgIpc) is 2.92. The first kappa shape index (κ1) is 27.4. The van der Waals surface area contributed by atoms with Crippen molar-refractivity contribution in [3.05, 3.63) is 120 Å². The van der Waals surface area contributed by atoms with Crippen LogP contribution >= 0.6 is 11.8 Å². The predicted octanol–water partition coefficient (Wildman–Crippen LogP) is 5.71. The number of nitrogens with one attached hydrogen (secondary N) is 1. The number of hydrogen-bond acceptors (Lipinski definition) is 5. The van der Waals surface area contributed by atoms with Crippen molar-refractivity contribution in [3.8, 4) is 0 Å². The van der Waals surface area contributed by atoms with Crippen LogP contribution in [0.3, 0.4) is 0 Å². The second kappa shape index (κ2) is 14.4. The van der Waals surface area contributed by atoms with Gasteiger partial charge < -0.3 is 15.2 Å². The standard InChI is InChI=1S/C26H22N2O2S.C4H6O2/c29-17-23(16-19-6-2-1-3-7-19)27-26(30)22-12-10-20(11-13-22)18-31-25-15-14-21-8-4-5-9-24(21)28-25;1-2-3-4(5)6/h1-15,17,23H,16,18H2,(H,27,30);2-3H,1H3,(H,5,6)/b;3-2+. The Morgan fingerprint density at radius 3 is 2.27 bits per heavy atom. The number of aromatic nitrogens is 1. The van der Waals surface area contributed by atoms with Gasteiger partial charge in [0.15, 0.2) is 0 Å². The number of rotatable bonds is 9. The van der Waals surface area contributed by atoms with Gasteiger partial charge in [0.1, 0.15) is 6.29 Å². The Kier molecular flexibility index (Phi) is 10.6. The average molecular weight is 513 g/mol. The molecule has 37 heavy (non-hydrogen) atoms. The van der Waals surface area contributed by atoms with Crippen LogP contribution in [0.1, 0.15) is 28.4 Å². The minimum absolute atomic E-state index is 0.247. The molecule has 0 saturated heterocycles. The van der Waals surface area contributed by atoms with E-state index < -0.39 is 12.0 Å². The summed E-state index contributed by atoms with van der Waals surface area (Å²) in [5.41, 5.74) is 3.64. The predicted molar refractivity (Wildman–Crippen MR) is 148 cm³/mol. The molecule has 6 nitrogen and oxygen atoms in total. The summed E-state index contributed by atoms with van der Waals surface area (Å²) in [7, 11) is 0. The summed E-state index contributed by atoms with van der Waals surface area (Å²) >= 11 is 1.66. The zero-order valence-corrected chi connectivity index (χ0v) is 21.2. The maximum Gasteiger partial charge on any atom is 0.327 e. The lowest BCUT2D eigenvalue weighted by Gasteiger charge is -2.13. The molecule has 1 amide bonds. The number of aliphatic carboxylic acids is 1. The minimum atomic E-state index is -0.891. The van der Waals surface area contributed by atoms with E-state index in [1.165, 1.54) is 6.08 Å². The fourth-order valence-electron chi connectivity index (χ4n) is 3.43. The lowest BCUT2D eigenvalue weighted by atomic mass is 10.1. The van der Waals surface area contributed by atoms with Crippen molar-refractivity contribution in [1.29, 1.82) is 0 Å². The first-order valence-electron chi connectivity index (χ1n) is 11.7. The van der Waals surface area contributed by atoms with E-state index in [0.717, 1.165) is 45.2 Å². The zero-order chi connectivity index (χ0) is 26.5. The van der Waals surface area contributed by atoms with Gasteiger partial charge in [-0.2, -0.15) is 0 Å². The summed E-state index contributed by atoms with van der Waals surface area (Å²) < 4.78 is 0. The normalized spacial score (nSPS) is 11.4. The third-order valence-electron chi connectivity index (χ3n) is 5.26. The van der Waals surface area contributed by atoms with Crippen molar-refractivity contribution in [2.45, 2.75) is 30.2 Å². The smallest absolute Gasteiger partial charge is 0.327 e. The first-order valence-corrected chi connectivity index (χ1v) is 12.7. The molecule has 0 radical (unpaired) electrons. The van der Waals surface area contributed by atoms with Gasteiger partial charge in [-0.25, -0.2) is 9.78 Å². The summed E-state index contributed by atoms with van der Waals surface area (Å²) in [5.74, 6) is -0.376. The van der Waals surface area contributed by atoms with Crippen molar-refractivity contribution < 1.29 is 19.5 Å². The van der Waals surface area contributed by atoms with E-state index in [-0.39, 0.29) is 5.91 Å². The molecule has 1 heterocycles. The highest BCUT2D eigenvalue weighted by Gasteiger charge is 2.13. The molecule has 3 aromatic carbocycles. The van der Waals surface area contributed by atoms with Crippen molar-refractivity contribution in [2.24, 2.45) is 0 Å². The first-order chi connectivity index (χ1) is 18.0. The van der Waals surface area contributed by atoms with Gasteiger partial charge in [-0.15, -0.1) is 11.8 Å². The molecule has 4 aromatic rings. The van der Waals surface area contributed by atoms with Crippen LogP contribution in [0.4, 0.5) is 0 Å². The molecule has 0 spiro atoms. The molecule has 4 rings (SSSR count). The molecule has 0 saturated carbocycles. The Labute approximate surface area is 220 Å². The maximum atomic E-state index is 12.5. The quantitative estimate of drug-likeness (QED) is 0.169. The van der Waals surface area contributed by atoms with E-state index in [4.69, 9.17) is 5.11 Å². The van der Waals surface area contributed by atoms with Gasteiger partial charge in [-0.05, 0) is 48.7 Å². The molecule has 1 atom stereocenters. The SMILES string of the molecule is C/C=C/C(=O)O.O=CC(Cc1ccccc1)NC(=O)c1ccc(CSc2ccc3ccccc3n2)cc1. The molecule has 2 N–H and O–H groups in total. The van der Waals surface area contributed by atoms with Gasteiger partial charge in [0, 0.05) is 22.8 Å². The lowest BCUT2D eigenvalue weighted by Crippen LogP contribution is -2.37. The Balaban J connectivity index is 0.000000568. The molecule has 1 unspecified atom stereocenters. The van der Waals surface area contributed by atoms with E-state index in [0.29, 0.717) is 12.0 Å². The molecule has 7 heteroatoms. The number of carbonyl (C=O) groups is 3. The van der Waals surface area contributed by atoms with Gasteiger partial charge in [0.25, 0.3) is 5.91 Å². The highest BCUT2D eigenvalue weighted by atomic mass is 32.2. The molecule has 0 bridgehead atoms. The van der Waals surface area contributed by atoms with E-state index >= 15 is 0 Å². The minimum Gasteiger partial charge on any atom is -0.478 e. The Hall–Kier alpha value is -4.23. The number of allylic oxidation sites excluding steroid dienone is 1. The fourth-order valence-corrected chi connectivity index (χ4v) is 4.27. The molecule has 188 valence electrons. The monoisotopic (exact) mass is 512 g/mol. The van der Waals surface area contributed by atoms with Crippen LogP contribution in [-0.4, -0.2) is 34.3 Å².